The van der Waals surface area contributed by atoms with Crippen molar-refractivity contribution in [2.24, 2.45) is 0 Å². The lowest BCUT2D eigenvalue weighted by atomic mass is 10.0. The average Bonchev–Trinajstić information content (AvgIpc) is 3.33. The van der Waals surface area contributed by atoms with Crippen molar-refractivity contribution >= 4 is 19.7 Å². The molecule has 10 heteroatoms. The Morgan fingerprint density at radius 3 is 1.31 bits per heavy atom. The first-order valence-corrected chi connectivity index (χ1v) is 31.5. The molecule has 0 saturated heterocycles. The lowest BCUT2D eigenvalue weighted by molar-refractivity contribution is -0.870. The number of phosphoric ester groups is 1. The van der Waals surface area contributed by atoms with Crippen molar-refractivity contribution in [1.82, 2.24) is 5.32 Å². The first-order chi connectivity index (χ1) is 34.4. The van der Waals surface area contributed by atoms with E-state index in [0.717, 1.165) is 70.6 Å². The average molecular weight is 1020 g/mol. The van der Waals surface area contributed by atoms with Crippen molar-refractivity contribution in [2.45, 2.75) is 290 Å². The van der Waals surface area contributed by atoms with E-state index in [9.17, 15) is 19.0 Å². The Balaban J connectivity index is 5.13. The molecule has 3 atom stereocenters. The molecule has 2 N–H and O–H groups in total. The Labute approximate surface area is 439 Å². The zero-order valence-electron chi connectivity index (χ0n) is 47.5. The molecule has 9 nitrogen and oxygen atoms in total. The molecule has 0 spiro atoms. The molecule has 416 valence electrons. The van der Waals surface area contributed by atoms with Crippen molar-refractivity contribution in [1.29, 1.82) is 0 Å². The van der Waals surface area contributed by atoms with E-state index in [1.54, 1.807) is 0 Å². The second kappa shape index (κ2) is 51.5. The molecule has 0 bridgehead atoms. The smallest absolute Gasteiger partial charge is 0.456 e. The summed E-state index contributed by atoms with van der Waals surface area (Å²) in [6, 6.07) is -0.845. The number of hydrogen-bond acceptors (Lipinski definition) is 6. The summed E-state index contributed by atoms with van der Waals surface area (Å²) in [7, 11) is 1.50. The number of unbranched alkanes of at least 4 members (excludes halogenated alkanes) is 32. The SMILES string of the molecule is CCCCC/C=C\C/C=C\C/C=C\CCCCCCCCCCCCC(=O)OC(/C=C\CCCCCCCCCCC)C(COP(=O)(O)OCC[N+](C)(C)C)NC(=O)CCCCCCCCCCCCC. The molecule has 3 unspecified atom stereocenters. The number of nitrogens with one attached hydrogen (secondary N) is 1. The third kappa shape index (κ3) is 52.6. The van der Waals surface area contributed by atoms with Gasteiger partial charge in [-0.25, -0.2) is 4.57 Å². The van der Waals surface area contributed by atoms with Crippen molar-refractivity contribution in [3.63, 3.8) is 0 Å². The van der Waals surface area contributed by atoms with Crippen molar-refractivity contribution in [3.05, 3.63) is 48.6 Å². The van der Waals surface area contributed by atoms with Gasteiger partial charge in [-0.15, -0.1) is 0 Å². The van der Waals surface area contributed by atoms with Crippen LogP contribution in [0.4, 0.5) is 0 Å². The maximum Gasteiger partial charge on any atom is 0.472 e. The number of allylic oxidation sites excluding steroid dienone is 7. The summed E-state index contributed by atoms with van der Waals surface area (Å²) < 4.78 is 30.6. The summed E-state index contributed by atoms with van der Waals surface area (Å²) in [4.78, 5) is 37.5. The van der Waals surface area contributed by atoms with Gasteiger partial charge in [0.2, 0.25) is 5.91 Å². The lowest BCUT2D eigenvalue weighted by Crippen LogP contribution is -2.47. The highest BCUT2D eigenvalue weighted by molar-refractivity contribution is 7.47. The number of esters is 1. The largest absolute Gasteiger partial charge is 0.472 e. The van der Waals surface area contributed by atoms with E-state index in [-0.39, 0.29) is 31.5 Å². The second-order valence-corrected chi connectivity index (χ2v) is 23.0. The van der Waals surface area contributed by atoms with E-state index >= 15 is 0 Å². The quantitative estimate of drug-likeness (QED) is 0.0205. The van der Waals surface area contributed by atoms with Crippen LogP contribution in [0.1, 0.15) is 278 Å². The van der Waals surface area contributed by atoms with E-state index in [0.29, 0.717) is 17.4 Å². The molecule has 0 aromatic rings. The number of carbonyl (C=O) groups is 2. The highest BCUT2D eigenvalue weighted by Gasteiger charge is 2.30. The molecule has 0 aliphatic rings. The predicted molar refractivity (Wildman–Crippen MR) is 305 cm³/mol. The van der Waals surface area contributed by atoms with E-state index in [4.69, 9.17) is 13.8 Å². The summed E-state index contributed by atoms with van der Waals surface area (Å²) in [5, 5.41) is 3.04. The van der Waals surface area contributed by atoms with Gasteiger partial charge in [-0.2, -0.15) is 0 Å². The molecule has 0 heterocycles. The standard InChI is InChI=1S/C61H115N2O7P/c1-7-10-13-16-19-22-25-26-27-28-29-30-31-32-33-34-35-36-39-42-45-48-51-54-61(65)70-59(52-49-46-43-40-37-23-20-17-14-11-8-2)58(57-69-71(66,67)68-56-55-63(4,5)6)62-60(64)53-50-47-44-41-38-24-21-18-15-12-9-3/h19,22,26-27,29-30,49,52,58-59H,7-18,20-21,23-25,28,31-48,50-51,53-57H2,1-6H3,(H-,62,64,66,67)/p+1/b22-19-,27-26-,30-29-,52-49-. The Morgan fingerprint density at radius 1 is 0.493 bits per heavy atom. The van der Waals surface area contributed by atoms with Crippen LogP contribution in [-0.2, 0) is 27.9 Å². The summed E-state index contributed by atoms with van der Waals surface area (Å²) in [6.45, 7) is 6.98. The van der Waals surface area contributed by atoms with Gasteiger partial charge in [0.25, 0.3) is 0 Å². The summed E-state index contributed by atoms with van der Waals surface area (Å²) in [5.41, 5.74) is 0. The van der Waals surface area contributed by atoms with Crippen LogP contribution in [-0.4, -0.2) is 74.3 Å². The molecule has 71 heavy (non-hydrogen) atoms. The van der Waals surface area contributed by atoms with Crippen LogP contribution in [0.3, 0.4) is 0 Å². The fraction of sp³-hybridized carbons (Fsp3) is 0.836. The van der Waals surface area contributed by atoms with Gasteiger partial charge in [0, 0.05) is 12.8 Å². The van der Waals surface area contributed by atoms with Gasteiger partial charge < -0.3 is 19.4 Å². The van der Waals surface area contributed by atoms with Crippen LogP contribution in [0, 0.1) is 0 Å². The van der Waals surface area contributed by atoms with E-state index in [1.807, 2.05) is 33.3 Å². The molecular formula is C61H116N2O7P+. The first-order valence-electron chi connectivity index (χ1n) is 30.0. The van der Waals surface area contributed by atoms with Crippen LogP contribution in [0.5, 0.6) is 0 Å². The molecule has 0 fully saturated rings. The Kier molecular flexibility index (Phi) is 50.0. The molecule has 1 amide bonds. The predicted octanol–water partition coefficient (Wildman–Crippen LogP) is 18.1. The Morgan fingerprint density at radius 2 is 0.859 bits per heavy atom. The zero-order valence-corrected chi connectivity index (χ0v) is 48.4. The highest BCUT2D eigenvalue weighted by Crippen LogP contribution is 2.43. The van der Waals surface area contributed by atoms with Crippen LogP contribution in [0.15, 0.2) is 48.6 Å². The lowest BCUT2D eigenvalue weighted by Gasteiger charge is -2.27. The number of rotatable bonds is 54. The third-order valence-electron chi connectivity index (χ3n) is 13.3. The van der Waals surface area contributed by atoms with Crippen LogP contribution in [0.25, 0.3) is 0 Å². The number of amides is 1. The van der Waals surface area contributed by atoms with Crippen molar-refractivity contribution < 1.29 is 37.3 Å². The number of likely N-dealkylation sites (N-methyl/N-ethyl adjacent to an activating group) is 1. The second-order valence-electron chi connectivity index (χ2n) is 21.5. The monoisotopic (exact) mass is 1020 g/mol. The molecule has 0 aromatic heterocycles. The zero-order chi connectivity index (χ0) is 52.2. The van der Waals surface area contributed by atoms with Gasteiger partial charge in [-0.1, -0.05) is 243 Å². The number of nitrogens with zero attached hydrogens (tertiary/aromatic N) is 1. The van der Waals surface area contributed by atoms with Gasteiger partial charge in [0.1, 0.15) is 19.3 Å². The molecule has 0 rings (SSSR count). The third-order valence-corrected chi connectivity index (χ3v) is 14.3. The van der Waals surface area contributed by atoms with Crippen LogP contribution in [0.2, 0.25) is 0 Å². The number of ether oxygens (including phenoxy) is 1. The van der Waals surface area contributed by atoms with E-state index in [1.165, 1.54) is 173 Å². The maximum absolute atomic E-state index is 13.5. The molecule has 0 aliphatic carbocycles. The molecule has 0 aliphatic heterocycles. The van der Waals surface area contributed by atoms with Crippen molar-refractivity contribution in [3.8, 4) is 0 Å². The number of quaternary nitrogens is 1. The molecular weight excluding hydrogens is 904 g/mol. The van der Waals surface area contributed by atoms with Crippen LogP contribution < -0.4 is 5.32 Å². The molecule has 0 saturated carbocycles. The number of carbonyl (C=O) groups excluding carboxylic acids is 2. The minimum absolute atomic E-state index is 0.0407. The summed E-state index contributed by atoms with van der Waals surface area (Å²) in [6.07, 6.45) is 62.5. The van der Waals surface area contributed by atoms with E-state index < -0.39 is 20.0 Å². The van der Waals surface area contributed by atoms with Gasteiger partial charge >= 0.3 is 13.8 Å². The summed E-state index contributed by atoms with van der Waals surface area (Å²) in [5.74, 6) is -0.504. The molecule has 0 radical (unpaired) electrons. The fourth-order valence-electron chi connectivity index (χ4n) is 8.59. The maximum atomic E-state index is 13.5. The first kappa shape index (κ1) is 69.0. The minimum Gasteiger partial charge on any atom is -0.456 e. The van der Waals surface area contributed by atoms with Gasteiger partial charge in [0.05, 0.1) is 33.8 Å². The Bertz CT molecular complexity index is 1360. The fourth-order valence-corrected chi connectivity index (χ4v) is 9.33. The summed E-state index contributed by atoms with van der Waals surface area (Å²) >= 11 is 0. The Hall–Kier alpha value is -2.03. The van der Waals surface area contributed by atoms with Crippen LogP contribution >= 0.6 is 7.82 Å². The number of hydrogen-bond donors (Lipinski definition) is 2. The normalized spacial score (nSPS) is 14.1. The topological polar surface area (TPSA) is 111 Å². The van der Waals surface area contributed by atoms with Gasteiger partial charge in [-0.05, 0) is 70.3 Å². The highest BCUT2D eigenvalue weighted by atomic mass is 31.2. The number of phosphoric acid groups is 1. The van der Waals surface area contributed by atoms with Gasteiger partial charge in [0.15, 0.2) is 0 Å². The minimum atomic E-state index is -4.44. The van der Waals surface area contributed by atoms with Crippen molar-refractivity contribution in [2.75, 3.05) is 40.9 Å². The van der Waals surface area contributed by atoms with E-state index in [2.05, 4.69) is 62.5 Å². The molecule has 0 aromatic carbocycles. The van der Waals surface area contributed by atoms with Gasteiger partial charge in [-0.3, -0.25) is 18.6 Å².